The summed E-state index contributed by atoms with van der Waals surface area (Å²) >= 11 is 0. The van der Waals surface area contributed by atoms with Crippen molar-refractivity contribution in [3.05, 3.63) is 28.8 Å². The molecule has 1 atom stereocenters. The Hall–Kier alpha value is -2.08. The number of esters is 1. The number of hydrogen-bond donors (Lipinski definition) is 3. The molecule has 1 unspecified atom stereocenters. The SMILES string of the molecule is COC(=O)C(CO)NC(=O)c1cc(C)c(N)c(C)c1. The van der Waals surface area contributed by atoms with Crippen LogP contribution in [0.15, 0.2) is 12.1 Å². The second-order valence-corrected chi connectivity index (χ2v) is 4.26. The number of aliphatic hydroxyl groups is 1. The van der Waals surface area contributed by atoms with E-state index in [4.69, 9.17) is 10.8 Å². The number of nitrogens with two attached hydrogens (primary N) is 1. The van der Waals surface area contributed by atoms with Crippen molar-refractivity contribution in [3.8, 4) is 0 Å². The molecule has 0 aromatic heterocycles. The molecule has 0 aliphatic rings. The Balaban J connectivity index is 2.92. The van der Waals surface area contributed by atoms with Crippen LogP contribution in [-0.4, -0.2) is 36.7 Å². The maximum atomic E-state index is 12.0. The van der Waals surface area contributed by atoms with Gasteiger partial charge in [-0.1, -0.05) is 0 Å². The number of amides is 1. The van der Waals surface area contributed by atoms with Gasteiger partial charge in [0.1, 0.15) is 0 Å². The summed E-state index contributed by atoms with van der Waals surface area (Å²) in [7, 11) is 1.19. The van der Waals surface area contributed by atoms with Crippen molar-refractivity contribution in [1.82, 2.24) is 5.32 Å². The Morgan fingerprint density at radius 2 is 1.89 bits per heavy atom. The number of aliphatic hydroxyl groups excluding tert-OH is 1. The Morgan fingerprint density at radius 3 is 2.32 bits per heavy atom. The van der Waals surface area contributed by atoms with Gasteiger partial charge in [-0.2, -0.15) is 0 Å². The van der Waals surface area contributed by atoms with Gasteiger partial charge < -0.3 is 20.9 Å². The minimum Gasteiger partial charge on any atom is -0.467 e. The van der Waals surface area contributed by atoms with E-state index in [1.54, 1.807) is 26.0 Å². The normalized spacial score (nSPS) is 11.8. The predicted molar refractivity (Wildman–Crippen MR) is 70.7 cm³/mol. The first-order valence-corrected chi connectivity index (χ1v) is 5.77. The number of carbonyl (C=O) groups excluding carboxylic acids is 2. The molecule has 1 rings (SSSR count). The zero-order valence-electron chi connectivity index (χ0n) is 11.2. The molecule has 4 N–H and O–H groups in total. The molecule has 0 spiro atoms. The van der Waals surface area contributed by atoms with E-state index >= 15 is 0 Å². The largest absolute Gasteiger partial charge is 0.467 e. The molecule has 0 saturated heterocycles. The summed E-state index contributed by atoms with van der Waals surface area (Å²) < 4.78 is 4.47. The Kier molecular flexibility index (Phi) is 4.88. The molecule has 0 bridgehead atoms. The van der Waals surface area contributed by atoms with E-state index in [9.17, 15) is 9.59 Å². The van der Waals surface area contributed by atoms with Crippen LogP contribution >= 0.6 is 0 Å². The van der Waals surface area contributed by atoms with Gasteiger partial charge in [0.15, 0.2) is 6.04 Å². The lowest BCUT2D eigenvalue weighted by atomic mass is 10.0. The summed E-state index contributed by atoms with van der Waals surface area (Å²) in [6.07, 6.45) is 0. The van der Waals surface area contributed by atoms with Crippen LogP contribution in [0.4, 0.5) is 5.69 Å². The Labute approximate surface area is 111 Å². The monoisotopic (exact) mass is 266 g/mol. The number of methoxy groups -OCH3 is 1. The maximum absolute atomic E-state index is 12.0. The third-order valence-electron chi connectivity index (χ3n) is 2.83. The lowest BCUT2D eigenvalue weighted by molar-refractivity contribution is -0.143. The van der Waals surface area contributed by atoms with Crippen LogP contribution in [0.2, 0.25) is 0 Å². The van der Waals surface area contributed by atoms with Gasteiger partial charge in [0.25, 0.3) is 5.91 Å². The van der Waals surface area contributed by atoms with E-state index in [1.165, 1.54) is 7.11 Å². The van der Waals surface area contributed by atoms with Gasteiger partial charge in [-0.05, 0) is 37.1 Å². The van der Waals surface area contributed by atoms with Crippen LogP contribution in [0.1, 0.15) is 21.5 Å². The molecule has 104 valence electrons. The molecule has 0 saturated carbocycles. The standard InChI is InChI=1S/C13H18N2O4/c1-7-4-9(5-8(2)11(7)14)12(17)15-10(6-16)13(18)19-3/h4-5,10,16H,6,14H2,1-3H3,(H,15,17). The fourth-order valence-electron chi connectivity index (χ4n) is 1.67. The van der Waals surface area contributed by atoms with Crippen molar-refractivity contribution in [2.24, 2.45) is 0 Å². The fraction of sp³-hybridized carbons (Fsp3) is 0.385. The summed E-state index contributed by atoms with van der Waals surface area (Å²) in [5.74, 6) is -1.16. The maximum Gasteiger partial charge on any atom is 0.330 e. The Bertz CT molecular complexity index is 476. The second-order valence-electron chi connectivity index (χ2n) is 4.26. The fourth-order valence-corrected chi connectivity index (χ4v) is 1.67. The van der Waals surface area contributed by atoms with Gasteiger partial charge in [-0.15, -0.1) is 0 Å². The molecule has 0 aliphatic carbocycles. The molecule has 6 nitrogen and oxygen atoms in total. The average molecular weight is 266 g/mol. The molecule has 1 aromatic carbocycles. The molecular weight excluding hydrogens is 248 g/mol. The van der Waals surface area contributed by atoms with E-state index in [-0.39, 0.29) is 0 Å². The Morgan fingerprint density at radius 1 is 1.37 bits per heavy atom. The minimum atomic E-state index is -1.07. The highest BCUT2D eigenvalue weighted by Gasteiger charge is 2.21. The number of nitrogen functional groups attached to an aromatic ring is 1. The van der Waals surface area contributed by atoms with Crippen LogP contribution in [0.25, 0.3) is 0 Å². The zero-order valence-corrected chi connectivity index (χ0v) is 11.2. The minimum absolute atomic E-state index is 0.381. The molecule has 1 aromatic rings. The second kappa shape index (κ2) is 6.19. The first kappa shape index (κ1) is 15.0. The van der Waals surface area contributed by atoms with E-state index in [2.05, 4.69) is 10.1 Å². The molecule has 19 heavy (non-hydrogen) atoms. The highest BCUT2D eigenvalue weighted by molar-refractivity contribution is 5.97. The predicted octanol–water partition coefficient (Wildman–Crippen LogP) is 0.149. The number of ether oxygens (including phenoxy) is 1. The molecular formula is C13H18N2O4. The first-order valence-electron chi connectivity index (χ1n) is 5.77. The quantitative estimate of drug-likeness (QED) is 0.532. The van der Waals surface area contributed by atoms with E-state index < -0.39 is 24.5 Å². The molecule has 6 heteroatoms. The van der Waals surface area contributed by atoms with Gasteiger partial charge in [-0.25, -0.2) is 4.79 Å². The van der Waals surface area contributed by atoms with Crippen LogP contribution < -0.4 is 11.1 Å². The number of nitrogens with one attached hydrogen (secondary N) is 1. The molecule has 0 heterocycles. The summed E-state index contributed by atoms with van der Waals surface area (Å²) in [5.41, 5.74) is 8.37. The van der Waals surface area contributed by atoms with E-state index in [1.807, 2.05) is 0 Å². The van der Waals surface area contributed by atoms with Gasteiger partial charge in [0.2, 0.25) is 0 Å². The smallest absolute Gasteiger partial charge is 0.330 e. The number of carbonyl (C=O) groups is 2. The third-order valence-corrected chi connectivity index (χ3v) is 2.83. The third kappa shape index (κ3) is 3.45. The molecule has 0 radical (unpaired) electrons. The number of hydrogen-bond acceptors (Lipinski definition) is 5. The number of benzene rings is 1. The van der Waals surface area contributed by atoms with Gasteiger partial charge >= 0.3 is 5.97 Å². The number of anilines is 1. The van der Waals surface area contributed by atoms with Crippen molar-refractivity contribution >= 4 is 17.6 Å². The van der Waals surface area contributed by atoms with E-state index in [0.717, 1.165) is 11.1 Å². The van der Waals surface area contributed by atoms with Crippen molar-refractivity contribution in [2.75, 3.05) is 19.5 Å². The van der Waals surface area contributed by atoms with Crippen molar-refractivity contribution < 1.29 is 19.4 Å². The number of rotatable bonds is 4. The highest BCUT2D eigenvalue weighted by Crippen LogP contribution is 2.18. The summed E-state index contributed by atoms with van der Waals surface area (Å²) in [4.78, 5) is 23.3. The summed E-state index contributed by atoms with van der Waals surface area (Å²) in [6.45, 7) is 3.07. The summed E-state index contributed by atoms with van der Waals surface area (Å²) in [6, 6.07) is 2.18. The topological polar surface area (TPSA) is 102 Å². The van der Waals surface area contributed by atoms with Crippen LogP contribution in [0, 0.1) is 13.8 Å². The van der Waals surface area contributed by atoms with Crippen LogP contribution in [0.5, 0.6) is 0 Å². The summed E-state index contributed by atoms with van der Waals surface area (Å²) in [5, 5.41) is 11.4. The van der Waals surface area contributed by atoms with Crippen LogP contribution in [-0.2, 0) is 9.53 Å². The average Bonchev–Trinajstić information content (AvgIpc) is 2.40. The molecule has 0 aliphatic heterocycles. The lowest BCUT2D eigenvalue weighted by Gasteiger charge is -2.15. The van der Waals surface area contributed by atoms with Crippen LogP contribution in [0.3, 0.4) is 0 Å². The zero-order chi connectivity index (χ0) is 14.6. The van der Waals surface area contributed by atoms with Gasteiger partial charge in [-0.3, -0.25) is 4.79 Å². The van der Waals surface area contributed by atoms with Crippen molar-refractivity contribution in [2.45, 2.75) is 19.9 Å². The first-order chi connectivity index (χ1) is 8.90. The molecule has 1 amide bonds. The van der Waals surface area contributed by atoms with Crippen molar-refractivity contribution in [1.29, 1.82) is 0 Å². The lowest BCUT2D eigenvalue weighted by Crippen LogP contribution is -2.44. The van der Waals surface area contributed by atoms with E-state index in [0.29, 0.717) is 11.3 Å². The van der Waals surface area contributed by atoms with Crippen molar-refractivity contribution in [3.63, 3.8) is 0 Å². The van der Waals surface area contributed by atoms with Gasteiger partial charge in [0.05, 0.1) is 13.7 Å². The molecule has 0 fully saturated rings. The van der Waals surface area contributed by atoms with Gasteiger partial charge in [0, 0.05) is 11.3 Å². The highest BCUT2D eigenvalue weighted by atomic mass is 16.5. The number of aryl methyl sites for hydroxylation is 2.